The van der Waals surface area contributed by atoms with E-state index in [9.17, 15) is 4.79 Å². The molecule has 0 atom stereocenters. The normalized spacial score (nSPS) is 18.6. The highest BCUT2D eigenvalue weighted by Crippen LogP contribution is 2.29. The Morgan fingerprint density at radius 1 is 1.17 bits per heavy atom. The summed E-state index contributed by atoms with van der Waals surface area (Å²) < 4.78 is 0. The Hall–Kier alpha value is -1.15. The first-order valence-electron chi connectivity index (χ1n) is 6.94. The molecule has 18 heavy (non-hydrogen) atoms. The summed E-state index contributed by atoms with van der Waals surface area (Å²) >= 11 is 0. The molecule has 98 valence electrons. The maximum absolute atomic E-state index is 12.1. The molecule has 0 saturated heterocycles. The first kappa shape index (κ1) is 13.3. The standard InChI is InChI=1S/C16H23NO/c1-13-5-7-14(8-6-13)11-15(18)12-16(17)9-3-2-4-10-16/h5-8H,2-4,9-12,17H2,1H3. The number of carbonyl (C=O) groups excluding carboxylic acids is 1. The van der Waals surface area contributed by atoms with E-state index < -0.39 is 0 Å². The summed E-state index contributed by atoms with van der Waals surface area (Å²) in [6, 6.07) is 8.19. The van der Waals surface area contributed by atoms with E-state index in [0.717, 1.165) is 18.4 Å². The van der Waals surface area contributed by atoms with E-state index in [1.807, 2.05) is 12.1 Å². The topological polar surface area (TPSA) is 43.1 Å². The maximum atomic E-state index is 12.1. The van der Waals surface area contributed by atoms with Gasteiger partial charge in [-0.25, -0.2) is 0 Å². The van der Waals surface area contributed by atoms with Gasteiger partial charge in [0, 0.05) is 18.4 Å². The summed E-state index contributed by atoms with van der Waals surface area (Å²) in [6.45, 7) is 2.06. The third kappa shape index (κ3) is 3.67. The number of ketones is 1. The molecule has 0 aromatic heterocycles. The number of Topliss-reactive ketones (excluding diaryl/α,β-unsaturated/α-hetero) is 1. The SMILES string of the molecule is Cc1ccc(CC(=O)CC2(N)CCCCC2)cc1. The molecule has 0 spiro atoms. The van der Waals surface area contributed by atoms with Crippen LogP contribution in [0.15, 0.2) is 24.3 Å². The van der Waals surface area contributed by atoms with Crippen LogP contribution in [0.4, 0.5) is 0 Å². The lowest BCUT2D eigenvalue weighted by atomic mass is 9.78. The van der Waals surface area contributed by atoms with Gasteiger partial charge in [0.05, 0.1) is 0 Å². The molecule has 0 bridgehead atoms. The molecule has 2 nitrogen and oxygen atoms in total. The zero-order valence-corrected chi connectivity index (χ0v) is 11.2. The molecule has 1 aromatic rings. The number of hydrogen-bond donors (Lipinski definition) is 1. The molecule has 0 unspecified atom stereocenters. The van der Waals surface area contributed by atoms with Crippen LogP contribution >= 0.6 is 0 Å². The van der Waals surface area contributed by atoms with Gasteiger partial charge < -0.3 is 5.73 Å². The summed E-state index contributed by atoms with van der Waals surface area (Å²) in [5, 5.41) is 0. The summed E-state index contributed by atoms with van der Waals surface area (Å²) in [5.41, 5.74) is 8.43. The monoisotopic (exact) mass is 245 g/mol. The van der Waals surface area contributed by atoms with Crippen LogP contribution in [-0.4, -0.2) is 11.3 Å². The van der Waals surface area contributed by atoms with E-state index in [4.69, 9.17) is 5.73 Å². The third-order valence-corrected chi connectivity index (χ3v) is 3.92. The third-order valence-electron chi connectivity index (χ3n) is 3.92. The molecule has 1 aliphatic carbocycles. The van der Waals surface area contributed by atoms with Crippen molar-refractivity contribution in [1.82, 2.24) is 0 Å². The number of rotatable bonds is 4. The second-order valence-electron chi connectivity index (χ2n) is 5.80. The van der Waals surface area contributed by atoms with E-state index in [2.05, 4.69) is 19.1 Å². The van der Waals surface area contributed by atoms with Crippen molar-refractivity contribution in [1.29, 1.82) is 0 Å². The average molecular weight is 245 g/mol. The van der Waals surface area contributed by atoms with Gasteiger partial charge in [-0.1, -0.05) is 49.1 Å². The lowest BCUT2D eigenvalue weighted by Gasteiger charge is -2.32. The van der Waals surface area contributed by atoms with Gasteiger partial charge in [-0.3, -0.25) is 4.79 Å². The average Bonchev–Trinajstić information content (AvgIpc) is 2.32. The first-order chi connectivity index (χ1) is 8.57. The lowest BCUT2D eigenvalue weighted by molar-refractivity contribution is -0.119. The zero-order chi connectivity index (χ0) is 13.0. The second kappa shape index (κ2) is 5.66. The van der Waals surface area contributed by atoms with Gasteiger partial charge in [0.2, 0.25) is 0 Å². The summed E-state index contributed by atoms with van der Waals surface area (Å²) in [7, 11) is 0. The zero-order valence-electron chi connectivity index (χ0n) is 11.2. The fraction of sp³-hybridized carbons (Fsp3) is 0.562. The molecular weight excluding hydrogens is 222 g/mol. The van der Waals surface area contributed by atoms with Crippen LogP contribution in [0.2, 0.25) is 0 Å². The molecule has 1 aromatic carbocycles. The van der Waals surface area contributed by atoms with Crippen molar-refractivity contribution in [3.63, 3.8) is 0 Å². The van der Waals surface area contributed by atoms with Crippen LogP contribution in [0.3, 0.4) is 0 Å². The lowest BCUT2D eigenvalue weighted by Crippen LogP contribution is -2.43. The number of carbonyl (C=O) groups is 1. The Balaban J connectivity index is 1.90. The van der Waals surface area contributed by atoms with Gasteiger partial charge in [0.25, 0.3) is 0 Å². The molecule has 1 aliphatic rings. The molecule has 0 heterocycles. The Kier molecular flexibility index (Phi) is 4.18. The second-order valence-corrected chi connectivity index (χ2v) is 5.80. The number of hydrogen-bond acceptors (Lipinski definition) is 2. The van der Waals surface area contributed by atoms with Gasteiger partial charge in [0.15, 0.2) is 0 Å². The minimum Gasteiger partial charge on any atom is -0.325 e. The first-order valence-corrected chi connectivity index (χ1v) is 6.94. The smallest absolute Gasteiger partial charge is 0.139 e. The number of nitrogens with two attached hydrogens (primary N) is 1. The molecule has 0 amide bonds. The van der Waals surface area contributed by atoms with Crippen molar-refractivity contribution in [3.8, 4) is 0 Å². The molecule has 2 rings (SSSR count). The minimum absolute atomic E-state index is 0.222. The van der Waals surface area contributed by atoms with Crippen molar-refractivity contribution in [2.75, 3.05) is 0 Å². The molecule has 2 heteroatoms. The number of benzene rings is 1. The summed E-state index contributed by atoms with van der Waals surface area (Å²) in [5.74, 6) is 0.281. The highest BCUT2D eigenvalue weighted by Gasteiger charge is 2.29. The highest BCUT2D eigenvalue weighted by molar-refractivity contribution is 5.82. The van der Waals surface area contributed by atoms with Crippen molar-refractivity contribution in [2.24, 2.45) is 5.73 Å². The molecule has 0 radical (unpaired) electrons. The van der Waals surface area contributed by atoms with Crippen LogP contribution in [0.25, 0.3) is 0 Å². The summed E-state index contributed by atoms with van der Waals surface area (Å²) in [4.78, 5) is 12.1. The van der Waals surface area contributed by atoms with Crippen LogP contribution in [0.5, 0.6) is 0 Å². The van der Waals surface area contributed by atoms with Crippen molar-refractivity contribution < 1.29 is 4.79 Å². The number of aryl methyl sites for hydroxylation is 1. The van der Waals surface area contributed by atoms with Gasteiger partial charge in [-0.2, -0.15) is 0 Å². The quantitative estimate of drug-likeness (QED) is 0.885. The Morgan fingerprint density at radius 3 is 2.39 bits per heavy atom. The van der Waals surface area contributed by atoms with Gasteiger partial charge >= 0.3 is 0 Å². The molecule has 1 saturated carbocycles. The molecule has 2 N–H and O–H groups in total. The predicted molar refractivity (Wildman–Crippen MR) is 74.5 cm³/mol. The Bertz CT molecular complexity index is 402. The van der Waals surface area contributed by atoms with E-state index >= 15 is 0 Å². The van der Waals surface area contributed by atoms with E-state index in [-0.39, 0.29) is 11.3 Å². The van der Waals surface area contributed by atoms with Crippen molar-refractivity contribution in [3.05, 3.63) is 35.4 Å². The van der Waals surface area contributed by atoms with Gasteiger partial charge in [0.1, 0.15) is 5.78 Å². The summed E-state index contributed by atoms with van der Waals surface area (Å²) in [6.07, 6.45) is 6.70. The van der Waals surface area contributed by atoms with E-state index in [1.54, 1.807) is 0 Å². The van der Waals surface area contributed by atoms with E-state index in [1.165, 1.54) is 24.8 Å². The van der Waals surface area contributed by atoms with Crippen LogP contribution in [0.1, 0.15) is 49.7 Å². The fourth-order valence-corrected chi connectivity index (χ4v) is 2.82. The fourth-order valence-electron chi connectivity index (χ4n) is 2.82. The Morgan fingerprint density at radius 2 is 1.78 bits per heavy atom. The molecular formula is C16H23NO. The maximum Gasteiger partial charge on any atom is 0.139 e. The predicted octanol–water partition coefficient (Wildman–Crippen LogP) is 3.16. The van der Waals surface area contributed by atoms with Crippen molar-refractivity contribution in [2.45, 2.75) is 57.4 Å². The van der Waals surface area contributed by atoms with Gasteiger partial charge in [-0.05, 0) is 25.3 Å². The molecule has 1 fully saturated rings. The largest absolute Gasteiger partial charge is 0.325 e. The van der Waals surface area contributed by atoms with Crippen molar-refractivity contribution >= 4 is 5.78 Å². The van der Waals surface area contributed by atoms with E-state index in [0.29, 0.717) is 12.8 Å². The Labute approximate surface area is 110 Å². The highest BCUT2D eigenvalue weighted by atomic mass is 16.1. The minimum atomic E-state index is -0.222. The molecule has 0 aliphatic heterocycles. The van der Waals surface area contributed by atoms with Crippen LogP contribution < -0.4 is 5.73 Å². The van der Waals surface area contributed by atoms with Crippen LogP contribution in [0, 0.1) is 6.92 Å². The van der Waals surface area contributed by atoms with Crippen LogP contribution in [-0.2, 0) is 11.2 Å². The van der Waals surface area contributed by atoms with Gasteiger partial charge in [-0.15, -0.1) is 0 Å².